The van der Waals surface area contributed by atoms with E-state index in [2.05, 4.69) is 4.74 Å². The van der Waals surface area contributed by atoms with Crippen molar-refractivity contribution in [2.75, 3.05) is 0 Å². The van der Waals surface area contributed by atoms with Gasteiger partial charge in [-0.05, 0) is 18.9 Å². The van der Waals surface area contributed by atoms with Crippen molar-refractivity contribution < 1.29 is 14.3 Å². The number of benzene rings is 1. The van der Waals surface area contributed by atoms with E-state index >= 15 is 0 Å². The van der Waals surface area contributed by atoms with E-state index in [0.717, 1.165) is 5.56 Å². The molecular formula is C13H14O3. The predicted molar refractivity (Wildman–Crippen MR) is 58.5 cm³/mol. The minimum atomic E-state index is -0.724. The average molecular weight is 218 g/mol. The zero-order valence-electron chi connectivity index (χ0n) is 9.40. The Labute approximate surface area is 94.4 Å². The molecule has 0 saturated carbocycles. The average Bonchev–Trinajstić information content (AvgIpc) is 2.45. The number of cyclic esters (lactones) is 2. The van der Waals surface area contributed by atoms with E-state index in [1.165, 1.54) is 0 Å². The lowest BCUT2D eigenvalue weighted by Crippen LogP contribution is -2.31. The van der Waals surface area contributed by atoms with Crippen LogP contribution in [-0.2, 0) is 20.7 Å². The summed E-state index contributed by atoms with van der Waals surface area (Å²) in [7, 11) is 0. The largest absolute Gasteiger partial charge is 0.392 e. The molecule has 84 valence electrons. The zero-order valence-corrected chi connectivity index (χ0v) is 9.40. The van der Waals surface area contributed by atoms with Crippen LogP contribution in [0.4, 0.5) is 0 Å². The molecule has 3 heteroatoms. The van der Waals surface area contributed by atoms with Crippen LogP contribution in [0.15, 0.2) is 30.3 Å². The molecule has 1 aliphatic rings. The lowest BCUT2D eigenvalue weighted by molar-refractivity contribution is -0.155. The molecule has 0 radical (unpaired) electrons. The minimum Gasteiger partial charge on any atom is -0.392 e. The van der Waals surface area contributed by atoms with Crippen LogP contribution < -0.4 is 0 Å². The number of hydrogen-bond acceptors (Lipinski definition) is 3. The topological polar surface area (TPSA) is 43.4 Å². The summed E-state index contributed by atoms with van der Waals surface area (Å²) in [6, 6.07) is 9.67. The van der Waals surface area contributed by atoms with Crippen molar-refractivity contribution in [2.24, 2.45) is 11.3 Å². The summed E-state index contributed by atoms with van der Waals surface area (Å²) in [6.07, 6.45) is 0.541. The van der Waals surface area contributed by atoms with Gasteiger partial charge in [0, 0.05) is 0 Å². The van der Waals surface area contributed by atoms with Gasteiger partial charge in [-0.1, -0.05) is 37.3 Å². The molecule has 3 nitrogen and oxygen atoms in total. The number of carbonyl (C=O) groups excluding carboxylic acids is 2. The highest BCUT2D eigenvalue weighted by Crippen LogP contribution is 2.38. The smallest absolute Gasteiger partial charge is 0.320 e. The molecule has 1 fully saturated rings. The molecule has 1 aromatic rings. The van der Waals surface area contributed by atoms with Crippen molar-refractivity contribution in [3.05, 3.63) is 35.9 Å². The normalized spacial score (nSPS) is 29.2. The number of esters is 2. The van der Waals surface area contributed by atoms with Crippen molar-refractivity contribution >= 4 is 11.9 Å². The Morgan fingerprint density at radius 1 is 1.25 bits per heavy atom. The summed E-state index contributed by atoms with van der Waals surface area (Å²) in [6.45, 7) is 3.54. The third-order valence-corrected chi connectivity index (χ3v) is 3.38. The first-order valence-electron chi connectivity index (χ1n) is 5.34. The molecule has 16 heavy (non-hydrogen) atoms. The van der Waals surface area contributed by atoms with Gasteiger partial charge in [-0.15, -0.1) is 0 Å². The van der Waals surface area contributed by atoms with E-state index in [4.69, 9.17) is 0 Å². The van der Waals surface area contributed by atoms with E-state index in [1.807, 2.05) is 30.3 Å². The Bertz CT molecular complexity index is 424. The van der Waals surface area contributed by atoms with Crippen LogP contribution in [0.25, 0.3) is 0 Å². The molecule has 1 saturated heterocycles. The maximum absolute atomic E-state index is 11.7. The molecule has 0 spiro atoms. The van der Waals surface area contributed by atoms with Gasteiger partial charge >= 0.3 is 11.9 Å². The van der Waals surface area contributed by atoms with Gasteiger partial charge < -0.3 is 4.74 Å². The summed E-state index contributed by atoms with van der Waals surface area (Å²) in [5.41, 5.74) is 0.321. The Balaban J connectivity index is 2.26. The lowest BCUT2D eigenvalue weighted by atomic mass is 9.75. The van der Waals surface area contributed by atoms with Crippen LogP contribution in [0, 0.1) is 11.3 Å². The molecule has 0 aliphatic carbocycles. The quantitative estimate of drug-likeness (QED) is 0.563. The van der Waals surface area contributed by atoms with Crippen molar-refractivity contribution in [1.82, 2.24) is 0 Å². The second kappa shape index (κ2) is 3.74. The molecule has 0 N–H and O–H groups in total. The van der Waals surface area contributed by atoms with Crippen LogP contribution in [0.5, 0.6) is 0 Å². The first-order valence-corrected chi connectivity index (χ1v) is 5.34. The number of hydrogen-bond donors (Lipinski definition) is 0. The maximum atomic E-state index is 11.7. The van der Waals surface area contributed by atoms with Gasteiger partial charge in [-0.3, -0.25) is 9.59 Å². The minimum absolute atomic E-state index is 0.375. The van der Waals surface area contributed by atoms with Gasteiger partial charge in [0.15, 0.2) is 0 Å². The number of rotatable bonds is 2. The van der Waals surface area contributed by atoms with Gasteiger partial charge in [0.25, 0.3) is 0 Å². The Hall–Kier alpha value is -1.64. The van der Waals surface area contributed by atoms with Gasteiger partial charge in [0.2, 0.25) is 0 Å². The molecule has 0 bridgehead atoms. The fourth-order valence-corrected chi connectivity index (χ4v) is 1.98. The number of carbonyl (C=O) groups is 2. The van der Waals surface area contributed by atoms with E-state index in [9.17, 15) is 9.59 Å². The second-order valence-corrected chi connectivity index (χ2v) is 4.51. The third kappa shape index (κ3) is 1.62. The number of ether oxygens (including phenoxy) is 1. The van der Waals surface area contributed by atoms with E-state index in [0.29, 0.717) is 6.42 Å². The molecule has 2 unspecified atom stereocenters. The fourth-order valence-electron chi connectivity index (χ4n) is 1.98. The van der Waals surface area contributed by atoms with Crippen molar-refractivity contribution in [1.29, 1.82) is 0 Å². The highest BCUT2D eigenvalue weighted by atomic mass is 16.6. The maximum Gasteiger partial charge on any atom is 0.320 e. The Morgan fingerprint density at radius 3 is 2.38 bits per heavy atom. The first kappa shape index (κ1) is 10.9. The summed E-state index contributed by atoms with van der Waals surface area (Å²) in [4.78, 5) is 23.0. The molecule has 1 aliphatic heterocycles. The SMILES string of the molecule is CC1C(=O)OC(=O)C1(C)Cc1ccccc1. The lowest BCUT2D eigenvalue weighted by Gasteiger charge is -2.22. The molecular weight excluding hydrogens is 204 g/mol. The van der Waals surface area contributed by atoms with Crippen LogP contribution in [0.3, 0.4) is 0 Å². The van der Waals surface area contributed by atoms with E-state index in [1.54, 1.807) is 13.8 Å². The van der Waals surface area contributed by atoms with E-state index in [-0.39, 0.29) is 5.92 Å². The fraction of sp³-hybridized carbons (Fsp3) is 0.385. The Morgan fingerprint density at radius 2 is 1.88 bits per heavy atom. The van der Waals surface area contributed by atoms with Crippen LogP contribution in [0.2, 0.25) is 0 Å². The van der Waals surface area contributed by atoms with Crippen LogP contribution in [-0.4, -0.2) is 11.9 Å². The molecule has 1 heterocycles. The third-order valence-electron chi connectivity index (χ3n) is 3.38. The molecule has 0 amide bonds. The van der Waals surface area contributed by atoms with Crippen LogP contribution in [0.1, 0.15) is 19.4 Å². The predicted octanol–water partition coefficient (Wildman–Crippen LogP) is 1.95. The van der Waals surface area contributed by atoms with Crippen LogP contribution >= 0.6 is 0 Å². The van der Waals surface area contributed by atoms with Crippen molar-refractivity contribution in [2.45, 2.75) is 20.3 Å². The molecule has 2 rings (SSSR count). The van der Waals surface area contributed by atoms with E-state index < -0.39 is 17.4 Å². The van der Waals surface area contributed by atoms with Gasteiger partial charge in [0.1, 0.15) is 0 Å². The summed E-state index contributed by atoms with van der Waals surface area (Å²) in [5, 5.41) is 0. The Kier molecular flexibility index (Phi) is 2.54. The molecule has 1 aromatic carbocycles. The first-order chi connectivity index (χ1) is 7.54. The van der Waals surface area contributed by atoms with Gasteiger partial charge in [-0.2, -0.15) is 0 Å². The van der Waals surface area contributed by atoms with Crippen molar-refractivity contribution in [3.8, 4) is 0 Å². The summed E-state index contributed by atoms with van der Waals surface area (Å²) >= 11 is 0. The second-order valence-electron chi connectivity index (χ2n) is 4.51. The monoisotopic (exact) mass is 218 g/mol. The highest BCUT2D eigenvalue weighted by Gasteiger charge is 2.51. The standard InChI is InChI=1S/C13H14O3/c1-9-11(14)16-12(15)13(9,2)8-10-6-4-3-5-7-10/h3-7,9H,8H2,1-2H3. The summed E-state index contributed by atoms with van der Waals surface area (Å²) < 4.78 is 4.68. The van der Waals surface area contributed by atoms with Gasteiger partial charge in [0.05, 0.1) is 11.3 Å². The highest BCUT2D eigenvalue weighted by molar-refractivity contribution is 5.98. The molecule has 0 aromatic heterocycles. The van der Waals surface area contributed by atoms with Crippen molar-refractivity contribution in [3.63, 3.8) is 0 Å². The zero-order chi connectivity index (χ0) is 11.8. The molecule has 2 atom stereocenters. The summed E-state index contributed by atoms with van der Waals surface area (Å²) in [5.74, 6) is -1.20. The van der Waals surface area contributed by atoms with Gasteiger partial charge in [-0.25, -0.2) is 0 Å².